The van der Waals surface area contributed by atoms with Crippen LogP contribution in [0.2, 0.25) is 0 Å². The Morgan fingerprint density at radius 2 is 1.56 bits per heavy atom. The van der Waals surface area contributed by atoms with Crippen LogP contribution in [0.25, 0.3) is 22.0 Å². The fraction of sp³-hybridized carbons (Fsp3) is 0.303. The van der Waals surface area contributed by atoms with Gasteiger partial charge in [-0.2, -0.15) is 0 Å². The number of hydrogen-bond donors (Lipinski definition) is 2. The first-order valence-corrected chi connectivity index (χ1v) is 14.3. The van der Waals surface area contributed by atoms with E-state index in [0.29, 0.717) is 58.7 Å². The van der Waals surface area contributed by atoms with Crippen LogP contribution in [0.1, 0.15) is 26.7 Å². The Labute approximate surface area is 249 Å². The minimum absolute atomic E-state index is 0.229. The van der Waals surface area contributed by atoms with E-state index in [-0.39, 0.29) is 5.69 Å². The highest BCUT2D eigenvalue weighted by Gasteiger charge is 2.56. The molecule has 0 bridgehead atoms. The van der Waals surface area contributed by atoms with Gasteiger partial charge < -0.3 is 25.0 Å². The molecule has 1 aromatic heterocycles. The molecule has 0 radical (unpaired) electrons. The molecule has 0 unspecified atom stereocenters. The molecule has 3 aromatic carbocycles. The summed E-state index contributed by atoms with van der Waals surface area (Å²) in [7, 11) is 1.55. The van der Waals surface area contributed by atoms with Crippen molar-refractivity contribution in [2.24, 2.45) is 5.41 Å². The Balaban J connectivity index is 1.33. The molecule has 2 amide bonds. The van der Waals surface area contributed by atoms with Crippen LogP contribution in [-0.2, 0) is 9.59 Å². The highest BCUT2D eigenvalue weighted by atomic mass is 19.1. The van der Waals surface area contributed by atoms with E-state index in [1.807, 2.05) is 0 Å². The topological polar surface area (TPSA) is 92.8 Å². The highest BCUT2D eigenvalue weighted by molar-refractivity contribution is 6.17. The average Bonchev–Trinajstić information content (AvgIpc) is 3.83. The van der Waals surface area contributed by atoms with Crippen LogP contribution in [-0.4, -0.2) is 55.0 Å². The van der Waals surface area contributed by atoms with Crippen LogP contribution in [0, 0.1) is 17.0 Å². The van der Waals surface area contributed by atoms with E-state index in [4.69, 9.17) is 9.47 Å². The summed E-state index contributed by atoms with van der Waals surface area (Å²) in [5, 5.41) is 6.03. The molecule has 1 aliphatic rings. The number of carbonyl (C=O) groups is 2. The summed E-state index contributed by atoms with van der Waals surface area (Å²) in [5.74, 6) is -0.915. The molecule has 1 saturated carbocycles. The summed E-state index contributed by atoms with van der Waals surface area (Å²) >= 11 is 0. The monoisotopic (exact) mass is 588 g/mol. The Morgan fingerprint density at radius 1 is 0.884 bits per heavy atom. The summed E-state index contributed by atoms with van der Waals surface area (Å²) in [6.45, 7) is 7.33. The largest absolute Gasteiger partial charge is 0.493 e. The van der Waals surface area contributed by atoms with Crippen LogP contribution >= 0.6 is 0 Å². The Hall–Kier alpha value is -4.57. The molecule has 1 fully saturated rings. The quantitative estimate of drug-likeness (QED) is 0.190. The van der Waals surface area contributed by atoms with E-state index < -0.39 is 28.9 Å². The van der Waals surface area contributed by atoms with Crippen molar-refractivity contribution in [2.45, 2.75) is 26.7 Å². The van der Waals surface area contributed by atoms with Crippen LogP contribution in [0.5, 0.6) is 11.5 Å². The molecular weight excluding hydrogens is 554 g/mol. The fourth-order valence-electron chi connectivity index (χ4n) is 5.01. The van der Waals surface area contributed by atoms with E-state index in [2.05, 4.69) is 34.4 Å². The van der Waals surface area contributed by atoms with Gasteiger partial charge in [-0.15, -0.1) is 0 Å². The molecule has 0 spiro atoms. The normalized spacial score (nSPS) is 13.5. The summed E-state index contributed by atoms with van der Waals surface area (Å²) < 4.78 is 40.3. The number of nitrogens with zero attached hydrogens (tertiary/aromatic N) is 2. The first-order chi connectivity index (χ1) is 20.8. The number of carbonyl (C=O) groups excluding carboxylic acids is 2. The number of methoxy groups -OCH3 is 1. The van der Waals surface area contributed by atoms with Gasteiger partial charge in [0.1, 0.15) is 23.7 Å². The van der Waals surface area contributed by atoms with E-state index in [1.165, 1.54) is 30.3 Å². The number of halogens is 2. The van der Waals surface area contributed by atoms with Crippen molar-refractivity contribution < 1.29 is 27.8 Å². The predicted octanol–water partition coefficient (Wildman–Crippen LogP) is 6.27. The lowest BCUT2D eigenvalue weighted by Crippen LogP contribution is -2.35. The molecule has 43 heavy (non-hydrogen) atoms. The third kappa shape index (κ3) is 6.44. The van der Waals surface area contributed by atoms with Crippen molar-refractivity contribution >= 4 is 34.1 Å². The molecular formula is C33H34F2N4O4. The van der Waals surface area contributed by atoms with Crippen molar-refractivity contribution in [3.8, 4) is 22.6 Å². The van der Waals surface area contributed by atoms with E-state index in [0.717, 1.165) is 19.6 Å². The number of nitrogens with one attached hydrogen (secondary N) is 2. The van der Waals surface area contributed by atoms with Crippen LogP contribution < -0.4 is 20.1 Å². The van der Waals surface area contributed by atoms with E-state index in [9.17, 15) is 14.0 Å². The number of benzene rings is 3. The minimum Gasteiger partial charge on any atom is -0.493 e. The van der Waals surface area contributed by atoms with E-state index in [1.54, 1.807) is 43.6 Å². The second-order valence-corrected chi connectivity index (χ2v) is 10.4. The average molecular weight is 589 g/mol. The number of ether oxygens (including phenoxy) is 2. The fourth-order valence-corrected chi connectivity index (χ4v) is 5.01. The molecule has 0 atom stereocenters. The zero-order chi connectivity index (χ0) is 30.6. The third-order valence-corrected chi connectivity index (χ3v) is 7.82. The van der Waals surface area contributed by atoms with Crippen molar-refractivity contribution in [1.29, 1.82) is 0 Å². The maximum atomic E-state index is 15.5. The number of pyridine rings is 1. The van der Waals surface area contributed by atoms with Gasteiger partial charge in [-0.25, -0.2) is 8.78 Å². The molecule has 1 aliphatic carbocycles. The number of hydrogen-bond acceptors (Lipinski definition) is 6. The zero-order valence-electron chi connectivity index (χ0n) is 24.4. The summed E-state index contributed by atoms with van der Waals surface area (Å²) in [5.41, 5.74) is 0.902. The van der Waals surface area contributed by atoms with Gasteiger partial charge in [0.2, 0.25) is 11.8 Å². The van der Waals surface area contributed by atoms with Crippen molar-refractivity contribution in [3.05, 3.63) is 78.5 Å². The minimum atomic E-state index is -1.26. The standard InChI is InChI=1S/C33H34F2N4O4/c1-4-39(5-2)16-17-43-30-20-28-26(19-29(30)42-3)24(12-15-36-28)25-11-10-23(18-27(25)35)38-32(41)33(13-14-33)31(40)37-22-8-6-21(34)7-9-22/h6-12,15,18-20H,4-5,13-14,16-17H2,1-3H3,(H,37,40)(H,38,41). The summed E-state index contributed by atoms with van der Waals surface area (Å²) in [4.78, 5) is 32.7. The maximum Gasteiger partial charge on any atom is 0.240 e. The Morgan fingerprint density at radius 3 is 2.19 bits per heavy atom. The third-order valence-electron chi connectivity index (χ3n) is 7.82. The second kappa shape index (κ2) is 12.7. The van der Waals surface area contributed by atoms with Gasteiger partial charge in [0, 0.05) is 41.1 Å². The number of anilines is 2. The number of amides is 2. The van der Waals surface area contributed by atoms with Crippen molar-refractivity contribution in [3.63, 3.8) is 0 Å². The molecule has 10 heteroatoms. The second-order valence-electron chi connectivity index (χ2n) is 10.4. The van der Waals surface area contributed by atoms with Crippen LogP contribution in [0.3, 0.4) is 0 Å². The number of aromatic nitrogens is 1. The number of rotatable bonds is 12. The van der Waals surface area contributed by atoms with Gasteiger partial charge in [-0.1, -0.05) is 13.8 Å². The zero-order valence-corrected chi connectivity index (χ0v) is 24.4. The Bertz CT molecular complexity index is 1640. The van der Waals surface area contributed by atoms with Gasteiger partial charge in [-0.3, -0.25) is 14.6 Å². The van der Waals surface area contributed by atoms with Crippen molar-refractivity contribution in [2.75, 3.05) is 44.0 Å². The molecule has 8 nitrogen and oxygen atoms in total. The van der Waals surface area contributed by atoms with Crippen LogP contribution in [0.15, 0.2) is 66.9 Å². The molecule has 1 heterocycles. The highest BCUT2D eigenvalue weighted by Crippen LogP contribution is 2.47. The lowest BCUT2D eigenvalue weighted by Gasteiger charge is -2.19. The van der Waals surface area contributed by atoms with Gasteiger partial charge in [0.25, 0.3) is 0 Å². The SMILES string of the molecule is CCN(CC)CCOc1cc2nccc(-c3ccc(NC(=O)C4(C(=O)Nc5ccc(F)cc5)CC4)cc3F)c2cc1OC. The van der Waals surface area contributed by atoms with Gasteiger partial charge >= 0.3 is 0 Å². The lowest BCUT2D eigenvalue weighted by atomic mass is 9.99. The molecule has 224 valence electrons. The first-order valence-electron chi connectivity index (χ1n) is 14.3. The van der Waals surface area contributed by atoms with E-state index >= 15 is 4.39 Å². The lowest BCUT2D eigenvalue weighted by molar-refractivity contribution is -0.131. The van der Waals surface area contributed by atoms with Gasteiger partial charge in [-0.05, 0) is 86.1 Å². The molecule has 4 aromatic rings. The first kappa shape index (κ1) is 29.9. The van der Waals surface area contributed by atoms with Gasteiger partial charge in [0.05, 0.1) is 12.6 Å². The number of likely N-dealkylation sites (N-methyl/N-ethyl adjacent to an activating group) is 1. The molecule has 5 rings (SSSR count). The Kier molecular flexibility index (Phi) is 8.86. The summed E-state index contributed by atoms with van der Waals surface area (Å²) in [6.07, 6.45) is 2.33. The van der Waals surface area contributed by atoms with Gasteiger partial charge in [0.15, 0.2) is 11.5 Å². The number of fused-ring (bicyclic) bond motifs is 1. The predicted molar refractivity (Wildman–Crippen MR) is 162 cm³/mol. The van der Waals surface area contributed by atoms with Crippen LogP contribution in [0.4, 0.5) is 20.2 Å². The molecule has 0 aliphatic heterocycles. The van der Waals surface area contributed by atoms with Crippen molar-refractivity contribution in [1.82, 2.24) is 9.88 Å². The maximum absolute atomic E-state index is 15.5. The molecule has 0 saturated heterocycles. The smallest absolute Gasteiger partial charge is 0.240 e. The summed E-state index contributed by atoms with van der Waals surface area (Å²) in [6, 6.07) is 15.0. The molecule has 2 N–H and O–H groups in total.